The molecule has 0 aromatic heterocycles. The Morgan fingerprint density at radius 2 is 1.96 bits per heavy atom. The van der Waals surface area contributed by atoms with Crippen LogP contribution in [0.15, 0.2) is 48.5 Å². The summed E-state index contributed by atoms with van der Waals surface area (Å²) < 4.78 is 11.4. The standard InChI is InChI=1S/C20H22N2O3/c1-2-24-16-9-5-14(6-10-16)20(23)22-15-7-3-13(4-8-15)19-18-11-17(25-19)12-21-18/h3-10,17-19,21H,2,11-12H2,1H3,(H,22,23)/t17-,18-,19+/m0/s1. The van der Waals surface area contributed by atoms with Gasteiger partial charge in [-0.25, -0.2) is 0 Å². The molecule has 1 amide bonds. The van der Waals surface area contributed by atoms with Crippen LogP contribution in [0.4, 0.5) is 5.69 Å². The second-order valence-corrected chi connectivity index (χ2v) is 6.46. The first-order chi connectivity index (χ1) is 12.2. The van der Waals surface area contributed by atoms with Gasteiger partial charge in [0.05, 0.1) is 18.8 Å². The molecule has 0 aliphatic carbocycles. The molecule has 2 aliphatic rings. The molecule has 5 nitrogen and oxygen atoms in total. The quantitative estimate of drug-likeness (QED) is 0.879. The number of hydrogen-bond acceptors (Lipinski definition) is 4. The summed E-state index contributed by atoms with van der Waals surface area (Å²) in [4.78, 5) is 12.3. The molecule has 2 heterocycles. The third-order valence-corrected chi connectivity index (χ3v) is 4.75. The number of carbonyl (C=O) groups excluding carboxylic acids is 1. The van der Waals surface area contributed by atoms with Crippen molar-refractivity contribution in [3.8, 4) is 5.75 Å². The average molecular weight is 338 g/mol. The van der Waals surface area contributed by atoms with Gasteiger partial charge in [-0.15, -0.1) is 0 Å². The Balaban J connectivity index is 1.39. The van der Waals surface area contributed by atoms with E-state index in [0.29, 0.717) is 24.3 Å². The van der Waals surface area contributed by atoms with Crippen molar-refractivity contribution in [2.45, 2.75) is 31.6 Å². The van der Waals surface area contributed by atoms with Gasteiger partial charge in [-0.1, -0.05) is 12.1 Å². The molecule has 0 radical (unpaired) electrons. The van der Waals surface area contributed by atoms with Gasteiger partial charge in [0.1, 0.15) is 5.75 Å². The Morgan fingerprint density at radius 1 is 1.20 bits per heavy atom. The van der Waals surface area contributed by atoms with E-state index in [0.717, 1.165) is 30.0 Å². The van der Waals surface area contributed by atoms with Gasteiger partial charge in [-0.3, -0.25) is 4.79 Å². The zero-order valence-electron chi connectivity index (χ0n) is 14.2. The molecule has 0 unspecified atom stereocenters. The van der Waals surface area contributed by atoms with Crippen molar-refractivity contribution < 1.29 is 14.3 Å². The van der Waals surface area contributed by atoms with Gasteiger partial charge in [-0.05, 0) is 55.3 Å². The Labute approximate surface area is 147 Å². The van der Waals surface area contributed by atoms with Crippen molar-refractivity contribution >= 4 is 11.6 Å². The number of carbonyl (C=O) groups is 1. The van der Waals surface area contributed by atoms with Crippen molar-refractivity contribution in [2.24, 2.45) is 0 Å². The van der Waals surface area contributed by atoms with Crippen molar-refractivity contribution in [3.63, 3.8) is 0 Å². The summed E-state index contributed by atoms with van der Waals surface area (Å²) >= 11 is 0. The molecule has 2 aromatic carbocycles. The van der Waals surface area contributed by atoms with Crippen molar-refractivity contribution in [1.82, 2.24) is 5.32 Å². The van der Waals surface area contributed by atoms with Gasteiger partial charge in [0.25, 0.3) is 5.91 Å². The largest absolute Gasteiger partial charge is 0.494 e. The number of amides is 1. The van der Waals surface area contributed by atoms with Gasteiger partial charge in [0.15, 0.2) is 0 Å². The van der Waals surface area contributed by atoms with E-state index in [9.17, 15) is 4.79 Å². The van der Waals surface area contributed by atoms with Crippen LogP contribution >= 0.6 is 0 Å². The number of hydrogen-bond donors (Lipinski definition) is 2. The molecule has 25 heavy (non-hydrogen) atoms. The van der Waals surface area contributed by atoms with E-state index in [1.54, 1.807) is 24.3 Å². The summed E-state index contributed by atoms with van der Waals surface area (Å²) in [6, 6.07) is 15.5. The topological polar surface area (TPSA) is 59.6 Å². The minimum absolute atomic E-state index is 0.120. The lowest BCUT2D eigenvalue weighted by molar-refractivity contribution is 0.0160. The summed E-state index contributed by atoms with van der Waals surface area (Å²) in [5, 5.41) is 6.41. The maximum atomic E-state index is 12.3. The van der Waals surface area contributed by atoms with Crippen LogP contribution in [0.3, 0.4) is 0 Å². The Morgan fingerprint density at radius 3 is 2.56 bits per heavy atom. The van der Waals surface area contributed by atoms with Crippen molar-refractivity contribution in [1.29, 1.82) is 0 Å². The fraction of sp³-hybridized carbons (Fsp3) is 0.350. The summed E-state index contributed by atoms with van der Waals surface area (Å²) in [6.07, 6.45) is 1.55. The first kappa shape index (κ1) is 16.1. The molecule has 2 fully saturated rings. The molecule has 2 saturated heterocycles. The van der Waals surface area contributed by atoms with Crippen LogP contribution in [0.1, 0.15) is 35.4 Å². The maximum Gasteiger partial charge on any atom is 0.255 e. The minimum Gasteiger partial charge on any atom is -0.494 e. The second kappa shape index (κ2) is 6.86. The average Bonchev–Trinajstić information content (AvgIpc) is 3.27. The molecule has 5 heteroatoms. The fourth-order valence-electron chi connectivity index (χ4n) is 3.51. The number of fused-ring (bicyclic) bond motifs is 2. The zero-order valence-corrected chi connectivity index (χ0v) is 14.2. The van der Waals surface area contributed by atoms with Crippen LogP contribution < -0.4 is 15.4 Å². The van der Waals surface area contributed by atoms with Gasteiger partial charge in [0.2, 0.25) is 0 Å². The Bertz CT molecular complexity index is 743. The van der Waals surface area contributed by atoms with Crippen LogP contribution in [0.5, 0.6) is 5.75 Å². The molecule has 130 valence electrons. The van der Waals surface area contributed by atoms with Crippen LogP contribution in [0.25, 0.3) is 0 Å². The number of rotatable bonds is 5. The number of ether oxygens (including phenoxy) is 2. The number of morpholine rings is 1. The van der Waals surface area contributed by atoms with Crippen molar-refractivity contribution in [2.75, 3.05) is 18.5 Å². The highest BCUT2D eigenvalue weighted by molar-refractivity contribution is 6.04. The van der Waals surface area contributed by atoms with Gasteiger partial charge in [0, 0.05) is 23.8 Å². The first-order valence-electron chi connectivity index (χ1n) is 8.76. The van der Waals surface area contributed by atoms with Gasteiger partial charge < -0.3 is 20.1 Å². The predicted octanol–water partition coefficient (Wildman–Crippen LogP) is 3.14. The van der Waals surface area contributed by atoms with Gasteiger partial charge in [-0.2, -0.15) is 0 Å². The molecule has 0 spiro atoms. The minimum atomic E-state index is -0.131. The highest BCUT2D eigenvalue weighted by Crippen LogP contribution is 2.37. The monoisotopic (exact) mass is 338 g/mol. The molecule has 3 atom stereocenters. The number of nitrogens with one attached hydrogen (secondary N) is 2. The first-order valence-corrected chi connectivity index (χ1v) is 8.76. The second-order valence-electron chi connectivity index (χ2n) is 6.46. The Kier molecular flexibility index (Phi) is 4.42. The molecule has 0 saturated carbocycles. The van der Waals surface area contributed by atoms with Crippen molar-refractivity contribution in [3.05, 3.63) is 59.7 Å². The third kappa shape index (κ3) is 3.38. The van der Waals surface area contributed by atoms with Crippen LogP contribution in [-0.4, -0.2) is 31.2 Å². The molecule has 4 rings (SSSR count). The maximum absolute atomic E-state index is 12.3. The lowest BCUT2D eigenvalue weighted by Gasteiger charge is -2.23. The molecule has 2 aliphatic heterocycles. The Hall–Kier alpha value is -2.37. The fourth-order valence-corrected chi connectivity index (χ4v) is 3.51. The molecule has 2 bridgehead atoms. The van der Waals surface area contributed by atoms with E-state index in [1.807, 2.05) is 31.2 Å². The molecule has 2 N–H and O–H groups in total. The predicted molar refractivity (Wildman–Crippen MR) is 96.0 cm³/mol. The summed E-state index contributed by atoms with van der Waals surface area (Å²) in [5.74, 6) is 0.636. The number of anilines is 1. The summed E-state index contributed by atoms with van der Waals surface area (Å²) in [7, 11) is 0. The number of benzene rings is 2. The summed E-state index contributed by atoms with van der Waals surface area (Å²) in [5.41, 5.74) is 2.53. The van der Waals surface area contributed by atoms with E-state index in [4.69, 9.17) is 9.47 Å². The van der Waals surface area contributed by atoms with Crippen LogP contribution in [0.2, 0.25) is 0 Å². The van der Waals surface area contributed by atoms with E-state index in [-0.39, 0.29) is 12.0 Å². The van der Waals surface area contributed by atoms with Crippen LogP contribution in [0, 0.1) is 0 Å². The lowest BCUT2D eigenvalue weighted by Crippen LogP contribution is -2.33. The summed E-state index contributed by atoms with van der Waals surface area (Å²) in [6.45, 7) is 3.50. The normalized spacial score (nSPS) is 24.3. The highest BCUT2D eigenvalue weighted by atomic mass is 16.5. The lowest BCUT2D eigenvalue weighted by atomic mass is 10.0. The van der Waals surface area contributed by atoms with E-state index >= 15 is 0 Å². The van der Waals surface area contributed by atoms with Crippen LogP contribution in [-0.2, 0) is 4.74 Å². The third-order valence-electron chi connectivity index (χ3n) is 4.75. The highest BCUT2D eigenvalue weighted by Gasteiger charge is 2.41. The molecular formula is C20H22N2O3. The SMILES string of the molecule is CCOc1ccc(C(=O)Nc2ccc([C@H]3O[C@@H]4CN[C@H]3C4)cc2)cc1. The zero-order chi connectivity index (χ0) is 17.2. The van der Waals surface area contributed by atoms with Gasteiger partial charge >= 0.3 is 0 Å². The van der Waals surface area contributed by atoms with E-state index < -0.39 is 0 Å². The molecular weight excluding hydrogens is 316 g/mol. The smallest absolute Gasteiger partial charge is 0.255 e. The van der Waals surface area contributed by atoms with E-state index in [1.165, 1.54) is 0 Å². The van der Waals surface area contributed by atoms with E-state index in [2.05, 4.69) is 10.6 Å². The molecule has 2 aromatic rings.